The first-order chi connectivity index (χ1) is 13.9. The molecule has 0 bridgehead atoms. The lowest BCUT2D eigenvalue weighted by Crippen LogP contribution is -2.24. The third-order valence-electron chi connectivity index (χ3n) is 4.82. The molecule has 0 aliphatic heterocycles. The first-order valence-electron chi connectivity index (χ1n) is 9.56. The second-order valence-electron chi connectivity index (χ2n) is 6.97. The van der Waals surface area contributed by atoms with E-state index in [9.17, 15) is 9.59 Å². The van der Waals surface area contributed by atoms with Gasteiger partial charge in [-0.1, -0.05) is 49.4 Å². The molecule has 0 radical (unpaired) electrons. The molecule has 150 valence electrons. The number of nitrogens with zero attached hydrogens (tertiary/aromatic N) is 2. The van der Waals surface area contributed by atoms with Crippen molar-refractivity contribution < 1.29 is 9.59 Å². The molecule has 2 aromatic carbocycles. The molecular formula is C23H25N3O2S. The Labute approximate surface area is 175 Å². The van der Waals surface area contributed by atoms with Gasteiger partial charge in [0.2, 0.25) is 5.91 Å². The molecule has 0 aliphatic carbocycles. The molecule has 0 atom stereocenters. The van der Waals surface area contributed by atoms with Crippen LogP contribution in [0.25, 0.3) is 10.6 Å². The van der Waals surface area contributed by atoms with E-state index in [1.165, 1.54) is 23.8 Å². The van der Waals surface area contributed by atoms with Crippen LogP contribution in [0.2, 0.25) is 0 Å². The third kappa shape index (κ3) is 4.90. The molecule has 0 saturated carbocycles. The number of anilines is 1. The normalized spacial score (nSPS) is 10.6. The van der Waals surface area contributed by atoms with Crippen LogP contribution in [0, 0.1) is 6.92 Å². The highest BCUT2D eigenvalue weighted by molar-refractivity contribution is 7.17. The summed E-state index contributed by atoms with van der Waals surface area (Å²) in [5, 5.41) is 3.82. The van der Waals surface area contributed by atoms with Gasteiger partial charge in [-0.25, -0.2) is 4.98 Å². The fourth-order valence-corrected chi connectivity index (χ4v) is 3.91. The molecule has 1 N–H and O–H groups in total. The monoisotopic (exact) mass is 407 g/mol. The molecule has 0 unspecified atom stereocenters. The molecule has 1 aromatic heterocycles. The van der Waals surface area contributed by atoms with Gasteiger partial charge in [-0.15, -0.1) is 11.3 Å². The Balaban J connectivity index is 1.81. The van der Waals surface area contributed by atoms with E-state index in [0.717, 1.165) is 22.6 Å². The number of hydrogen-bond donors (Lipinski definition) is 1. The van der Waals surface area contributed by atoms with Gasteiger partial charge in [-0.3, -0.25) is 9.59 Å². The Morgan fingerprint density at radius 3 is 2.45 bits per heavy atom. The van der Waals surface area contributed by atoms with Crippen LogP contribution in [0.4, 0.5) is 5.69 Å². The van der Waals surface area contributed by atoms with E-state index < -0.39 is 0 Å². The number of carbonyl (C=O) groups excluding carboxylic acids is 2. The number of amides is 2. The number of aryl methyl sites for hydroxylation is 2. The molecule has 0 spiro atoms. The van der Waals surface area contributed by atoms with Crippen molar-refractivity contribution in [2.45, 2.75) is 33.7 Å². The van der Waals surface area contributed by atoms with Crippen molar-refractivity contribution in [3.05, 3.63) is 70.2 Å². The maximum Gasteiger partial charge on any atom is 0.267 e. The van der Waals surface area contributed by atoms with Crippen molar-refractivity contribution in [2.24, 2.45) is 0 Å². The Morgan fingerprint density at radius 2 is 1.79 bits per heavy atom. The topological polar surface area (TPSA) is 62.3 Å². The molecule has 0 saturated heterocycles. The lowest BCUT2D eigenvalue weighted by molar-refractivity contribution is -0.128. The van der Waals surface area contributed by atoms with Gasteiger partial charge in [0.1, 0.15) is 9.88 Å². The molecular weight excluding hydrogens is 382 g/mol. The number of rotatable bonds is 6. The summed E-state index contributed by atoms with van der Waals surface area (Å²) in [5.74, 6) is -0.211. The highest BCUT2D eigenvalue weighted by Crippen LogP contribution is 2.29. The SMILES string of the molecule is CCc1ccc(-c2nc(C)c(C(=O)Nc3ccccc3CN(C)C(C)=O)s2)cc1. The molecule has 6 heteroatoms. The summed E-state index contributed by atoms with van der Waals surface area (Å²) in [5.41, 5.74) is 4.58. The van der Waals surface area contributed by atoms with Crippen LogP contribution in [-0.4, -0.2) is 28.7 Å². The van der Waals surface area contributed by atoms with E-state index in [0.29, 0.717) is 22.8 Å². The lowest BCUT2D eigenvalue weighted by Gasteiger charge is -2.17. The Morgan fingerprint density at radius 1 is 1.10 bits per heavy atom. The average Bonchev–Trinajstić information content (AvgIpc) is 3.11. The van der Waals surface area contributed by atoms with Crippen LogP contribution in [0.15, 0.2) is 48.5 Å². The first kappa shape index (κ1) is 20.7. The van der Waals surface area contributed by atoms with Gasteiger partial charge in [-0.2, -0.15) is 0 Å². The highest BCUT2D eigenvalue weighted by atomic mass is 32.1. The number of thiazole rings is 1. The molecule has 5 nitrogen and oxygen atoms in total. The number of hydrogen-bond acceptors (Lipinski definition) is 4. The van der Waals surface area contributed by atoms with Crippen molar-refractivity contribution >= 4 is 28.8 Å². The van der Waals surface area contributed by atoms with Crippen LogP contribution >= 0.6 is 11.3 Å². The zero-order chi connectivity index (χ0) is 21.0. The minimum absolute atomic E-state index is 0.0248. The van der Waals surface area contributed by atoms with Crippen molar-refractivity contribution in [3.63, 3.8) is 0 Å². The third-order valence-corrected chi connectivity index (χ3v) is 6.03. The van der Waals surface area contributed by atoms with Gasteiger partial charge in [-0.05, 0) is 30.5 Å². The van der Waals surface area contributed by atoms with Crippen molar-refractivity contribution in [3.8, 4) is 10.6 Å². The van der Waals surface area contributed by atoms with Gasteiger partial charge in [0.25, 0.3) is 5.91 Å². The summed E-state index contributed by atoms with van der Waals surface area (Å²) in [6.07, 6.45) is 0.989. The standard InChI is InChI=1S/C23H25N3O2S/c1-5-17-10-12-18(13-11-17)23-24-15(2)21(29-23)22(28)25-20-9-7-6-8-19(20)14-26(4)16(3)27/h6-13H,5,14H2,1-4H3,(H,25,28). The Hall–Kier alpha value is -2.99. The molecule has 0 aliphatic rings. The predicted molar refractivity (Wildman–Crippen MR) is 118 cm³/mol. The zero-order valence-corrected chi connectivity index (χ0v) is 18.0. The number of benzene rings is 2. The molecule has 2 amide bonds. The maximum absolute atomic E-state index is 12.9. The van der Waals surface area contributed by atoms with Gasteiger partial charge < -0.3 is 10.2 Å². The largest absolute Gasteiger partial charge is 0.342 e. The molecule has 3 aromatic rings. The Bertz CT molecular complexity index is 1020. The summed E-state index contributed by atoms with van der Waals surface area (Å²) >= 11 is 1.39. The second kappa shape index (κ2) is 9.01. The lowest BCUT2D eigenvalue weighted by atomic mass is 10.1. The first-order valence-corrected chi connectivity index (χ1v) is 10.4. The van der Waals surface area contributed by atoms with E-state index in [1.807, 2.05) is 43.3 Å². The minimum Gasteiger partial charge on any atom is -0.342 e. The second-order valence-corrected chi connectivity index (χ2v) is 7.97. The zero-order valence-electron chi connectivity index (χ0n) is 17.2. The minimum atomic E-state index is -0.186. The summed E-state index contributed by atoms with van der Waals surface area (Å²) < 4.78 is 0. The molecule has 29 heavy (non-hydrogen) atoms. The van der Waals surface area contributed by atoms with Crippen molar-refractivity contribution in [1.29, 1.82) is 0 Å². The number of aromatic nitrogens is 1. The summed E-state index contributed by atoms with van der Waals surface area (Å²) in [4.78, 5) is 31.3. The van der Waals surface area contributed by atoms with E-state index in [-0.39, 0.29) is 11.8 Å². The highest BCUT2D eigenvalue weighted by Gasteiger charge is 2.18. The van der Waals surface area contributed by atoms with Crippen molar-refractivity contribution in [2.75, 3.05) is 12.4 Å². The van der Waals surface area contributed by atoms with Gasteiger partial charge in [0.15, 0.2) is 0 Å². The van der Waals surface area contributed by atoms with Crippen LogP contribution in [0.3, 0.4) is 0 Å². The summed E-state index contributed by atoms with van der Waals surface area (Å²) in [7, 11) is 1.74. The maximum atomic E-state index is 12.9. The van der Waals surface area contributed by atoms with Crippen molar-refractivity contribution in [1.82, 2.24) is 9.88 Å². The van der Waals surface area contributed by atoms with Gasteiger partial charge in [0.05, 0.1) is 5.69 Å². The molecule has 0 fully saturated rings. The van der Waals surface area contributed by atoms with E-state index >= 15 is 0 Å². The smallest absolute Gasteiger partial charge is 0.267 e. The van der Waals surface area contributed by atoms with Crippen LogP contribution in [-0.2, 0) is 17.8 Å². The fraction of sp³-hybridized carbons (Fsp3) is 0.261. The van der Waals surface area contributed by atoms with Crippen LogP contribution < -0.4 is 5.32 Å². The van der Waals surface area contributed by atoms with Gasteiger partial charge in [0, 0.05) is 31.8 Å². The van der Waals surface area contributed by atoms with Crippen LogP contribution in [0.1, 0.15) is 40.3 Å². The molecule has 1 heterocycles. The fourth-order valence-electron chi connectivity index (χ4n) is 2.94. The predicted octanol–water partition coefficient (Wildman–Crippen LogP) is 4.91. The Kier molecular flexibility index (Phi) is 6.44. The average molecular weight is 408 g/mol. The number of carbonyl (C=O) groups is 2. The molecule has 3 rings (SSSR count). The number of para-hydroxylation sites is 1. The van der Waals surface area contributed by atoms with Crippen LogP contribution in [0.5, 0.6) is 0 Å². The van der Waals surface area contributed by atoms with E-state index in [1.54, 1.807) is 11.9 Å². The number of nitrogens with one attached hydrogen (secondary N) is 1. The summed E-state index contributed by atoms with van der Waals surface area (Å²) in [6, 6.07) is 15.8. The summed E-state index contributed by atoms with van der Waals surface area (Å²) in [6.45, 7) is 5.93. The van der Waals surface area contributed by atoms with E-state index in [2.05, 4.69) is 29.4 Å². The quantitative estimate of drug-likeness (QED) is 0.631. The van der Waals surface area contributed by atoms with Gasteiger partial charge >= 0.3 is 0 Å². The van der Waals surface area contributed by atoms with E-state index in [4.69, 9.17) is 0 Å².